The van der Waals surface area contributed by atoms with Gasteiger partial charge in [0, 0.05) is 10.8 Å². The van der Waals surface area contributed by atoms with Crippen LogP contribution in [0, 0.1) is 13.8 Å². The third-order valence-corrected chi connectivity index (χ3v) is 3.60. The topological polar surface area (TPSA) is 0 Å². The standard InChI is InChI=1S/C12H10Cl2/c1-7-8(2)12(14)10-6-4-3-5-9(10)11(7)13/h3-6H,1-2H3. The van der Waals surface area contributed by atoms with E-state index in [4.69, 9.17) is 23.2 Å². The molecule has 0 aliphatic carbocycles. The molecule has 0 amide bonds. The highest BCUT2D eigenvalue weighted by molar-refractivity contribution is 6.41. The molecule has 0 fully saturated rings. The second kappa shape index (κ2) is 3.45. The monoisotopic (exact) mass is 224 g/mol. The van der Waals surface area contributed by atoms with Gasteiger partial charge in [-0.15, -0.1) is 0 Å². The minimum atomic E-state index is 0.808. The van der Waals surface area contributed by atoms with Gasteiger partial charge in [0.2, 0.25) is 0 Å². The fraction of sp³-hybridized carbons (Fsp3) is 0.167. The van der Waals surface area contributed by atoms with E-state index in [1.54, 1.807) is 0 Å². The van der Waals surface area contributed by atoms with Gasteiger partial charge in [0.25, 0.3) is 0 Å². The molecule has 0 nitrogen and oxygen atoms in total. The Kier molecular flexibility index (Phi) is 2.42. The van der Waals surface area contributed by atoms with Crippen molar-refractivity contribution in [3.8, 4) is 0 Å². The molecule has 0 heterocycles. The molecule has 2 aromatic carbocycles. The Morgan fingerprint density at radius 2 is 1.14 bits per heavy atom. The fourth-order valence-corrected chi connectivity index (χ4v) is 2.21. The lowest BCUT2D eigenvalue weighted by Crippen LogP contribution is -1.87. The van der Waals surface area contributed by atoms with Crippen LogP contribution in [0.2, 0.25) is 10.0 Å². The Bertz CT molecular complexity index is 455. The van der Waals surface area contributed by atoms with Crippen molar-refractivity contribution >= 4 is 34.0 Å². The van der Waals surface area contributed by atoms with E-state index >= 15 is 0 Å². The zero-order valence-corrected chi connectivity index (χ0v) is 9.58. The first-order valence-corrected chi connectivity index (χ1v) is 5.21. The summed E-state index contributed by atoms with van der Waals surface area (Å²) in [6.45, 7) is 3.99. The molecule has 0 radical (unpaired) electrons. The summed E-state index contributed by atoms with van der Waals surface area (Å²) in [4.78, 5) is 0. The largest absolute Gasteiger partial charge is 0.0834 e. The highest BCUT2D eigenvalue weighted by Crippen LogP contribution is 2.35. The number of rotatable bonds is 0. The van der Waals surface area contributed by atoms with Crippen LogP contribution in [-0.2, 0) is 0 Å². The van der Waals surface area contributed by atoms with Crippen molar-refractivity contribution in [3.05, 3.63) is 45.4 Å². The van der Waals surface area contributed by atoms with Gasteiger partial charge in [-0.05, 0) is 25.0 Å². The van der Waals surface area contributed by atoms with Gasteiger partial charge in [0.15, 0.2) is 0 Å². The summed E-state index contributed by atoms with van der Waals surface area (Å²) < 4.78 is 0. The Hall–Kier alpha value is -0.720. The van der Waals surface area contributed by atoms with Gasteiger partial charge in [0.05, 0.1) is 10.0 Å². The van der Waals surface area contributed by atoms with Crippen LogP contribution >= 0.6 is 23.2 Å². The maximum atomic E-state index is 6.24. The number of hydrogen-bond donors (Lipinski definition) is 0. The predicted octanol–water partition coefficient (Wildman–Crippen LogP) is 4.76. The van der Waals surface area contributed by atoms with Crippen molar-refractivity contribution in [1.82, 2.24) is 0 Å². The van der Waals surface area contributed by atoms with Gasteiger partial charge in [-0.3, -0.25) is 0 Å². The van der Waals surface area contributed by atoms with E-state index in [1.165, 1.54) is 0 Å². The number of fused-ring (bicyclic) bond motifs is 1. The predicted molar refractivity (Wildman–Crippen MR) is 63.4 cm³/mol. The fourth-order valence-electron chi connectivity index (χ4n) is 1.60. The van der Waals surface area contributed by atoms with Gasteiger partial charge in [-0.25, -0.2) is 0 Å². The van der Waals surface area contributed by atoms with Crippen molar-refractivity contribution in [2.45, 2.75) is 13.8 Å². The van der Waals surface area contributed by atoms with Crippen LogP contribution in [0.15, 0.2) is 24.3 Å². The van der Waals surface area contributed by atoms with E-state index in [0.717, 1.165) is 31.9 Å². The molecule has 0 bridgehead atoms. The van der Waals surface area contributed by atoms with Crippen LogP contribution in [0.25, 0.3) is 10.8 Å². The molecule has 2 rings (SSSR count). The van der Waals surface area contributed by atoms with Crippen LogP contribution < -0.4 is 0 Å². The molecular formula is C12H10Cl2. The quantitative estimate of drug-likeness (QED) is 0.606. The molecule has 0 saturated carbocycles. The lowest BCUT2D eigenvalue weighted by atomic mass is 10.0. The van der Waals surface area contributed by atoms with Crippen LogP contribution in [0.3, 0.4) is 0 Å². The van der Waals surface area contributed by atoms with Gasteiger partial charge in [0.1, 0.15) is 0 Å². The highest BCUT2D eigenvalue weighted by atomic mass is 35.5. The molecule has 2 heteroatoms. The molecule has 0 saturated heterocycles. The smallest absolute Gasteiger partial charge is 0.0517 e. The van der Waals surface area contributed by atoms with E-state index < -0.39 is 0 Å². The van der Waals surface area contributed by atoms with Crippen LogP contribution in [0.5, 0.6) is 0 Å². The van der Waals surface area contributed by atoms with Gasteiger partial charge in [-0.2, -0.15) is 0 Å². The van der Waals surface area contributed by atoms with Crippen molar-refractivity contribution in [1.29, 1.82) is 0 Å². The first kappa shape index (κ1) is 9.82. The maximum Gasteiger partial charge on any atom is 0.0517 e. The van der Waals surface area contributed by atoms with Crippen molar-refractivity contribution in [2.24, 2.45) is 0 Å². The first-order valence-electron chi connectivity index (χ1n) is 4.46. The molecule has 0 aromatic heterocycles. The molecule has 0 atom stereocenters. The van der Waals surface area contributed by atoms with Crippen LogP contribution in [0.1, 0.15) is 11.1 Å². The molecule has 0 aliphatic rings. The third kappa shape index (κ3) is 1.30. The van der Waals surface area contributed by atoms with Crippen molar-refractivity contribution < 1.29 is 0 Å². The van der Waals surface area contributed by atoms with E-state index in [0.29, 0.717) is 0 Å². The highest BCUT2D eigenvalue weighted by Gasteiger charge is 2.10. The van der Waals surface area contributed by atoms with Gasteiger partial charge >= 0.3 is 0 Å². The molecule has 14 heavy (non-hydrogen) atoms. The molecular weight excluding hydrogens is 215 g/mol. The molecule has 72 valence electrons. The molecule has 0 aliphatic heterocycles. The summed E-state index contributed by atoms with van der Waals surface area (Å²) in [6.07, 6.45) is 0. The lowest BCUT2D eigenvalue weighted by molar-refractivity contribution is 1.36. The lowest BCUT2D eigenvalue weighted by Gasteiger charge is -2.10. The normalized spacial score (nSPS) is 10.9. The summed E-state index contributed by atoms with van der Waals surface area (Å²) in [5.74, 6) is 0. The Morgan fingerprint density at radius 1 is 0.786 bits per heavy atom. The third-order valence-electron chi connectivity index (χ3n) is 2.62. The SMILES string of the molecule is Cc1c(C)c(Cl)c2ccccc2c1Cl. The van der Waals surface area contributed by atoms with E-state index in [1.807, 2.05) is 38.1 Å². The second-order valence-electron chi connectivity index (χ2n) is 3.42. The zero-order valence-electron chi connectivity index (χ0n) is 8.07. The minimum absolute atomic E-state index is 0.808. The summed E-state index contributed by atoms with van der Waals surface area (Å²) in [7, 11) is 0. The number of halogens is 2. The second-order valence-corrected chi connectivity index (χ2v) is 4.18. The Balaban J connectivity index is 3.02. The van der Waals surface area contributed by atoms with Gasteiger partial charge in [-0.1, -0.05) is 47.5 Å². The molecule has 2 aromatic rings. The molecule has 0 unspecified atom stereocenters. The molecule has 0 N–H and O–H groups in total. The van der Waals surface area contributed by atoms with Crippen molar-refractivity contribution in [3.63, 3.8) is 0 Å². The maximum absolute atomic E-state index is 6.24. The van der Waals surface area contributed by atoms with E-state index in [-0.39, 0.29) is 0 Å². The minimum Gasteiger partial charge on any atom is -0.0834 e. The zero-order chi connectivity index (χ0) is 10.3. The summed E-state index contributed by atoms with van der Waals surface area (Å²) in [5, 5.41) is 3.68. The van der Waals surface area contributed by atoms with E-state index in [2.05, 4.69) is 0 Å². The average molecular weight is 225 g/mol. The average Bonchev–Trinajstić information content (AvgIpc) is 2.23. The van der Waals surface area contributed by atoms with Crippen LogP contribution in [0.4, 0.5) is 0 Å². The summed E-state index contributed by atoms with van der Waals surface area (Å²) >= 11 is 12.5. The van der Waals surface area contributed by atoms with E-state index in [9.17, 15) is 0 Å². The number of hydrogen-bond acceptors (Lipinski definition) is 0. The van der Waals surface area contributed by atoms with Crippen molar-refractivity contribution in [2.75, 3.05) is 0 Å². The molecule has 0 spiro atoms. The number of benzene rings is 2. The first-order chi connectivity index (χ1) is 6.63. The summed E-state index contributed by atoms with van der Waals surface area (Å²) in [5.41, 5.74) is 2.13. The van der Waals surface area contributed by atoms with Crippen LogP contribution in [-0.4, -0.2) is 0 Å². The Morgan fingerprint density at radius 3 is 1.50 bits per heavy atom. The van der Waals surface area contributed by atoms with Gasteiger partial charge < -0.3 is 0 Å². The summed E-state index contributed by atoms with van der Waals surface area (Å²) in [6, 6.07) is 7.94. The Labute approximate surface area is 93.4 Å².